The van der Waals surface area contributed by atoms with E-state index >= 15 is 0 Å². The molecule has 232 valence electrons. The van der Waals surface area contributed by atoms with E-state index in [1.807, 2.05) is 44.2 Å². The smallest absolute Gasteiger partial charge is 0.332 e. The second kappa shape index (κ2) is 19.1. The lowest BCUT2D eigenvalue weighted by molar-refractivity contribution is -0.132. The average molecular weight is 594 g/mol. The number of amides is 3. The normalized spacial score (nSPS) is 22.8. The quantitative estimate of drug-likeness (QED) is 0.313. The van der Waals surface area contributed by atoms with Gasteiger partial charge in [0.25, 0.3) is 0 Å². The van der Waals surface area contributed by atoms with Crippen molar-refractivity contribution >= 4 is 25.3 Å². The number of benzene rings is 1. The summed E-state index contributed by atoms with van der Waals surface area (Å²) < 4.78 is 24.3. The molecule has 0 saturated carbocycles. The molecule has 0 bridgehead atoms. The molecule has 0 aromatic heterocycles. The van der Waals surface area contributed by atoms with Gasteiger partial charge >= 0.3 is 7.60 Å². The molecule has 41 heavy (non-hydrogen) atoms. The fourth-order valence-electron chi connectivity index (χ4n) is 5.23. The highest BCUT2D eigenvalue weighted by Crippen LogP contribution is 2.48. The molecule has 3 atom stereocenters. The molecule has 1 fully saturated rings. The van der Waals surface area contributed by atoms with E-state index in [4.69, 9.17) is 9.05 Å². The molecule has 1 aliphatic rings. The SMILES string of the molecule is CCOP(=O)(C[C@@H]1CC(=O)NCCCCCCCCC(Cc2ccccc2)C(=O)N[C@@H](CC(C)C)C(=O)N1)OCC. The first kappa shape index (κ1) is 35.0. The van der Waals surface area contributed by atoms with Gasteiger partial charge in [-0.25, -0.2) is 0 Å². The zero-order chi connectivity index (χ0) is 30.1. The molecule has 1 aromatic carbocycles. The topological polar surface area (TPSA) is 123 Å². The van der Waals surface area contributed by atoms with E-state index in [9.17, 15) is 18.9 Å². The lowest BCUT2D eigenvalue weighted by Gasteiger charge is -2.28. The van der Waals surface area contributed by atoms with Crippen molar-refractivity contribution in [2.45, 2.75) is 104 Å². The van der Waals surface area contributed by atoms with Gasteiger partial charge in [-0.15, -0.1) is 0 Å². The zero-order valence-electron chi connectivity index (χ0n) is 25.5. The van der Waals surface area contributed by atoms with Crippen LogP contribution >= 0.6 is 7.60 Å². The van der Waals surface area contributed by atoms with Crippen molar-refractivity contribution in [2.24, 2.45) is 11.8 Å². The van der Waals surface area contributed by atoms with Gasteiger partial charge < -0.3 is 25.0 Å². The Morgan fingerprint density at radius 2 is 1.51 bits per heavy atom. The van der Waals surface area contributed by atoms with Gasteiger partial charge in [-0.1, -0.05) is 76.3 Å². The third kappa shape index (κ3) is 14.0. The number of rotatable bonds is 10. The van der Waals surface area contributed by atoms with Gasteiger partial charge in [-0.2, -0.15) is 0 Å². The lowest BCUT2D eigenvalue weighted by atomic mass is 9.91. The van der Waals surface area contributed by atoms with E-state index in [1.54, 1.807) is 13.8 Å². The van der Waals surface area contributed by atoms with E-state index < -0.39 is 25.6 Å². The molecule has 10 heteroatoms. The molecule has 1 saturated heterocycles. The summed E-state index contributed by atoms with van der Waals surface area (Å²) in [7, 11) is -3.55. The van der Waals surface area contributed by atoms with Gasteiger partial charge in [0.2, 0.25) is 17.7 Å². The van der Waals surface area contributed by atoms with Gasteiger partial charge in [0.15, 0.2) is 0 Å². The number of hydrogen-bond donors (Lipinski definition) is 3. The highest BCUT2D eigenvalue weighted by Gasteiger charge is 2.33. The minimum atomic E-state index is -3.55. The van der Waals surface area contributed by atoms with Crippen LogP contribution in [0.1, 0.15) is 91.0 Å². The van der Waals surface area contributed by atoms with Gasteiger partial charge in [0.1, 0.15) is 6.04 Å². The van der Waals surface area contributed by atoms with Crippen molar-refractivity contribution in [3.8, 4) is 0 Å². The fourth-order valence-corrected chi connectivity index (χ4v) is 7.06. The summed E-state index contributed by atoms with van der Waals surface area (Å²) in [6, 6.07) is 8.40. The molecule has 0 radical (unpaired) electrons. The highest BCUT2D eigenvalue weighted by atomic mass is 31.2. The summed E-state index contributed by atoms with van der Waals surface area (Å²) >= 11 is 0. The van der Waals surface area contributed by atoms with Crippen molar-refractivity contribution in [2.75, 3.05) is 25.9 Å². The fraction of sp³-hybridized carbons (Fsp3) is 0.710. The summed E-state index contributed by atoms with van der Waals surface area (Å²) in [5.41, 5.74) is 1.09. The maximum atomic E-state index is 13.6. The van der Waals surface area contributed by atoms with Crippen LogP contribution < -0.4 is 16.0 Å². The number of carbonyl (C=O) groups excluding carboxylic acids is 3. The summed E-state index contributed by atoms with van der Waals surface area (Å²) in [5, 5.41) is 8.88. The third-order valence-corrected chi connectivity index (χ3v) is 9.40. The van der Waals surface area contributed by atoms with Crippen LogP contribution in [0.3, 0.4) is 0 Å². The second-order valence-electron chi connectivity index (χ2n) is 11.4. The zero-order valence-corrected chi connectivity index (χ0v) is 26.4. The van der Waals surface area contributed by atoms with Crippen LogP contribution in [0.15, 0.2) is 30.3 Å². The molecule has 3 N–H and O–H groups in total. The van der Waals surface area contributed by atoms with Gasteiger partial charge in [-0.3, -0.25) is 18.9 Å². The summed E-state index contributed by atoms with van der Waals surface area (Å²) in [4.78, 5) is 40.1. The Morgan fingerprint density at radius 1 is 0.878 bits per heavy atom. The summed E-state index contributed by atoms with van der Waals surface area (Å²) in [6.45, 7) is 8.35. The standard InChI is InChI=1S/C31H52N3O6P/c1-5-39-41(38,40-6-2)23-27-22-29(35)32-19-15-10-8-7-9-14-18-26(21-25-16-12-11-13-17-25)30(36)34-28(20-24(3)4)31(37)33-27/h11-13,16-17,24,26-28H,5-10,14-15,18-23H2,1-4H3,(H,32,35)(H,33,37)(H,34,36)/t26?,27-,28-/m0/s1. The first-order chi connectivity index (χ1) is 19.7. The van der Waals surface area contributed by atoms with Gasteiger partial charge in [0, 0.05) is 24.9 Å². The van der Waals surface area contributed by atoms with Gasteiger partial charge in [0.05, 0.1) is 19.4 Å². The van der Waals surface area contributed by atoms with E-state index in [1.165, 1.54) is 0 Å². The number of carbonyl (C=O) groups is 3. The Morgan fingerprint density at radius 3 is 2.15 bits per heavy atom. The van der Waals surface area contributed by atoms with E-state index in [-0.39, 0.29) is 49.4 Å². The Hall–Kier alpha value is -2.22. The Kier molecular flexibility index (Phi) is 16.3. The summed E-state index contributed by atoms with van der Waals surface area (Å²) in [6.07, 6.45) is 7.62. The molecule has 1 heterocycles. The van der Waals surface area contributed by atoms with Gasteiger partial charge in [-0.05, 0) is 51.0 Å². The average Bonchev–Trinajstić information content (AvgIpc) is 2.91. The number of hydrogen-bond acceptors (Lipinski definition) is 6. The molecule has 1 aromatic rings. The molecular formula is C31H52N3O6P. The molecule has 2 rings (SSSR count). The second-order valence-corrected chi connectivity index (χ2v) is 13.5. The maximum Gasteiger partial charge on any atom is 0.332 e. The van der Waals surface area contributed by atoms with Crippen LogP contribution in [-0.2, 0) is 34.4 Å². The largest absolute Gasteiger partial charge is 0.356 e. The van der Waals surface area contributed by atoms with Crippen molar-refractivity contribution in [3.05, 3.63) is 35.9 Å². The molecule has 9 nitrogen and oxygen atoms in total. The Bertz CT molecular complexity index is 964. The van der Waals surface area contributed by atoms with E-state index in [2.05, 4.69) is 16.0 Å². The van der Waals surface area contributed by atoms with E-state index in [0.717, 1.165) is 50.5 Å². The molecule has 3 amide bonds. The van der Waals surface area contributed by atoms with Crippen LogP contribution in [0.5, 0.6) is 0 Å². The minimum absolute atomic E-state index is 0.0607. The van der Waals surface area contributed by atoms with E-state index in [0.29, 0.717) is 19.4 Å². The monoisotopic (exact) mass is 593 g/mol. The Labute approximate surface area is 246 Å². The van der Waals surface area contributed by atoms with Crippen molar-refractivity contribution in [1.29, 1.82) is 0 Å². The predicted molar refractivity (Wildman–Crippen MR) is 163 cm³/mol. The van der Waals surface area contributed by atoms with Crippen LogP contribution in [0.2, 0.25) is 0 Å². The third-order valence-electron chi connectivity index (χ3n) is 7.21. The molecule has 1 unspecified atom stereocenters. The molecule has 0 aliphatic carbocycles. The Balaban J connectivity index is 2.31. The lowest BCUT2D eigenvalue weighted by Crippen LogP contribution is -2.53. The van der Waals surface area contributed by atoms with Crippen LogP contribution in [0, 0.1) is 11.8 Å². The highest BCUT2D eigenvalue weighted by molar-refractivity contribution is 7.53. The molecule has 0 spiro atoms. The minimum Gasteiger partial charge on any atom is -0.356 e. The summed E-state index contributed by atoms with van der Waals surface area (Å²) in [5.74, 6) is -0.890. The number of nitrogens with one attached hydrogen (secondary N) is 3. The van der Waals surface area contributed by atoms with Crippen molar-refractivity contribution in [3.63, 3.8) is 0 Å². The predicted octanol–water partition coefficient (Wildman–Crippen LogP) is 5.38. The van der Waals surface area contributed by atoms with Crippen molar-refractivity contribution < 1.29 is 28.0 Å². The first-order valence-corrected chi connectivity index (χ1v) is 17.2. The maximum absolute atomic E-state index is 13.6. The van der Waals surface area contributed by atoms with Crippen molar-refractivity contribution in [1.82, 2.24) is 16.0 Å². The van der Waals surface area contributed by atoms with Crippen LogP contribution in [-0.4, -0.2) is 55.7 Å². The van der Waals surface area contributed by atoms with Crippen LogP contribution in [0.25, 0.3) is 0 Å². The molecule has 1 aliphatic heterocycles. The molecular weight excluding hydrogens is 541 g/mol. The first-order valence-electron chi connectivity index (χ1n) is 15.4. The van der Waals surface area contributed by atoms with Crippen LogP contribution in [0.4, 0.5) is 0 Å².